The molecule has 0 saturated carbocycles. The Kier molecular flexibility index (Phi) is 4.29. The van der Waals surface area contributed by atoms with Gasteiger partial charge in [0.05, 0.1) is 17.4 Å². The maximum atomic E-state index is 14.0. The summed E-state index contributed by atoms with van der Waals surface area (Å²) in [7, 11) is 0. The summed E-state index contributed by atoms with van der Waals surface area (Å²) in [5.74, 6) is -1.17. The van der Waals surface area contributed by atoms with E-state index in [9.17, 15) is 18.4 Å². The highest BCUT2D eigenvalue weighted by atomic mass is 19.1. The summed E-state index contributed by atoms with van der Waals surface area (Å²) in [4.78, 5) is 25.2. The van der Waals surface area contributed by atoms with Crippen LogP contribution in [0.15, 0.2) is 52.1 Å². The second-order valence-electron chi connectivity index (χ2n) is 5.58. The molecule has 2 aromatic carbocycles. The van der Waals surface area contributed by atoms with E-state index < -0.39 is 17.3 Å². The van der Waals surface area contributed by atoms with Crippen molar-refractivity contribution in [1.29, 1.82) is 0 Å². The highest BCUT2D eigenvalue weighted by Crippen LogP contribution is 2.14. The number of halogens is 2. The number of para-hydroxylation sites is 1. The molecule has 0 unspecified atom stereocenters. The minimum absolute atomic E-state index is 0.0592. The molecule has 0 aliphatic heterocycles. The molecular weight excluding hydrogens is 314 g/mol. The molecule has 0 spiro atoms. The minimum Gasteiger partial charge on any atom is -0.289 e. The van der Waals surface area contributed by atoms with Gasteiger partial charge in [0.2, 0.25) is 0 Å². The van der Waals surface area contributed by atoms with Crippen molar-refractivity contribution < 1.29 is 8.78 Å². The summed E-state index contributed by atoms with van der Waals surface area (Å²) in [6.45, 7) is 1.98. The molecular formula is C18H16F2N2O2. The van der Waals surface area contributed by atoms with Gasteiger partial charge in [0, 0.05) is 12.1 Å². The smallest absolute Gasteiger partial charge is 0.289 e. The molecule has 0 amide bonds. The number of aromatic nitrogens is 2. The third-order valence-corrected chi connectivity index (χ3v) is 3.92. The molecule has 0 fully saturated rings. The first-order chi connectivity index (χ1) is 11.5. The van der Waals surface area contributed by atoms with Crippen LogP contribution in [0.1, 0.15) is 18.9 Å². The summed E-state index contributed by atoms with van der Waals surface area (Å²) < 4.78 is 29.8. The van der Waals surface area contributed by atoms with Crippen molar-refractivity contribution in [2.75, 3.05) is 0 Å². The normalized spacial score (nSPS) is 11.1. The van der Waals surface area contributed by atoms with E-state index >= 15 is 0 Å². The number of rotatable bonds is 4. The molecule has 0 radical (unpaired) electrons. The van der Waals surface area contributed by atoms with Gasteiger partial charge in [-0.05, 0) is 36.8 Å². The van der Waals surface area contributed by atoms with Crippen molar-refractivity contribution in [3.05, 3.63) is 80.5 Å². The molecule has 0 aliphatic rings. The molecule has 24 heavy (non-hydrogen) atoms. The van der Waals surface area contributed by atoms with E-state index in [1.165, 1.54) is 4.57 Å². The molecule has 3 aromatic rings. The van der Waals surface area contributed by atoms with E-state index in [1.807, 2.05) is 6.92 Å². The molecule has 1 aromatic heterocycles. The Hall–Kier alpha value is -2.76. The Morgan fingerprint density at radius 3 is 2.50 bits per heavy atom. The molecule has 124 valence electrons. The Morgan fingerprint density at radius 2 is 1.75 bits per heavy atom. The maximum absolute atomic E-state index is 14.0. The first kappa shape index (κ1) is 16.1. The van der Waals surface area contributed by atoms with Crippen LogP contribution in [0.5, 0.6) is 0 Å². The van der Waals surface area contributed by atoms with Crippen LogP contribution in [0, 0.1) is 11.6 Å². The zero-order valence-corrected chi connectivity index (χ0v) is 13.1. The van der Waals surface area contributed by atoms with Crippen molar-refractivity contribution in [3.8, 4) is 0 Å². The number of hydrogen-bond donors (Lipinski definition) is 0. The summed E-state index contributed by atoms with van der Waals surface area (Å²) >= 11 is 0. The van der Waals surface area contributed by atoms with Crippen molar-refractivity contribution in [2.45, 2.75) is 26.4 Å². The molecule has 0 N–H and O–H groups in total. The van der Waals surface area contributed by atoms with Gasteiger partial charge in [0.25, 0.3) is 5.56 Å². The van der Waals surface area contributed by atoms with Gasteiger partial charge in [-0.1, -0.05) is 19.1 Å². The van der Waals surface area contributed by atoms with Gasteiger partial charge >= 0.3 is 5.69 Å². The van der Waals surface area contributed by atoms with Crippen molar-refractivity contribution in [1.82, 2.24) is 9.13 Å². The van der Waals surface area contributed by atoms with E-state index in [4.69, 9.17) is 0 Å². The number of hydrogen-bond acceptors (Lipinski definition) is 2. The van der Waals surface area contributed by atoms with Gasteiger partial charge in [-0.3, -0.25) is 13.9 Å². The third-order valence-electron chi connectivity index (χ3n) is 3.92. The Labute approximate surface area is 136 Å². The quantitative estimate of drug-likeness (QED) is 0.738. The van der Waals surface area contributed by atoms with Crippen molar-refractivity contribution in [2.24, 2.45) is 0 Å². The molecule has 3 rings (SSSR count). The van der Waals surface area contributed by atoms with Crippen LogP contribution in [-0.4, -0.2) is 9.13 Å². The van der Waals surface area contributed by atoms with E-state index in [2.05, 4.69) is 0 Å². The van der Waals surface area contributed by atoms with E-state index in [0.717, 1.165) is 22.8 Å². The molecule has 6 heteroatoms. The molecule has 4 nitrogen and oxygen atoms in total. The lowest BCUT2D eigenvalue weighted by Gasteiger charge is -2.14. The molecule has 1 heterocycles. The van der Waals surface area contributed by atoms with Crippen LogP contribution in [0.25, 0.3) is 10.9 Å². The number of benzene rings is 2. The Balaban J connectivity index is 2.29. The van der Waals surface area contributed by atoms with Crippen LogP contribution in [0.4, 0.5) is 8.78 Å². The third kappa shape index (κ3) is 2.75. The largest absolute Gasteiger partial charge is 0.331 e. The fourth-order valence-corrected chi connectivity index (χ4v) is 2.78. The monoisotopic (exact) mass is 330 g/mol. The van der Waals surface area contributed by atoms with Crippen LogP contribution in [0.2, 0.25) is 0 Å². The van der Waals surface area contributed by atoms with Gasteiger partial charge in [0.15, 0.2) is 0 Å². The van der Waals surface area contributed by atoms with Crippen LogP contribution < -0.4 is 11.2 Å². The van der Waals surface area contributed by atoms with E-state index in [1.54, 1.807) is 24.3 Å². The van der Waals surface area contributed by atoms with Gasteiger partial charge in [0.1, 0.15) is 11.6 Å². The number of nitrogens with zero attached hydrogens (tertiary/aromatic N) is 2. The summed E-state index contributed by atoms with van der Waals surface area (Å²) in [5.41, 5.74) is -0.426. The zero-order chi connectivity index (χ0) is 17.3. The standard InChI is InChI=1S/C18H16F2N2O2/c1-2-9-21-17(23)14-5-3-4-6-16(14)22(18(21)24)11-12-10-13(19)7-8-15(12)20/h3-8,10H,2,9,11H2,1H3. The number of fused-ring (bicyclic) bond motifs is 1. The lowest BCUT2D eigenvalue weighted by atomic mass is 10.2. The lowest BCUT2D eigenvalue weighted by Crippen LogP contribution is -2.40. The Morgan fingerprint density at radius 1 is 1.00 bits per heavy atom. The molecule has 0 saturated heterocycles. The minimum atomic E-state index is -0.597. The Bertz CT molecular complexity index is 1020. The first-order valence-electron chi connectivity index (χ1n) is 7.69. The predicted octanol–water partition coefficient (Wildman–Crippen LogP) is 2.90. The average molecular weight is 330 g/mol. The van der Waals surface area contributed by atoms with Crippen LogP contribution in [0.3, 0.4) is 0 Å². The van der Waals surface area contributed by atoms with Gasteiger partial charge < -0.3 is 0 Å². The zero-order valence-electron chi connectivity index (χ0n) is 13.1. The fraction of sp³-hybridized carbons (Fsp3) is 0.222. The van der Waals surface area contributed by atoms with Gasteiger partial charge in [-0.2, -0.15) is 0 Å². The van der Waals surface area contributed by atoms with E-state index in [-0.39, 0.29) is 24.2 Å². The first-order valence-corrected chi connectivity index (χ1v) is 7.69. The second-order valence-corrected chi connectivity index (χ2v) is 5.58. The van der Waals surface area contributed by atoms with Crippen LogP contribution in [-0.2, 0) is 13.1 Å². The SMILES string of the molecule is CCCn1c(=O)c2ccccc2n(Cc2cc(F)ccc2F)c1=O. The summed E-state index contributed by atoms with van der Waals surface area (Å²) in [6, 6.07) is 9.78. The lowest BCUT2D eigenvalue weighted by molar-refractivity contribution is 0.555. The van der Waals surface area contributed by atoms with Crippen LogP contribution >= 0.6 is 0 Å². The van der Waals surface area contributed by atoms with Gasteiger partial charge in [-0.15, -0.1) is 0 Å². The summed E-state index contributed by atoms with van der Waals surface area (Å²) in [6.07, 6.45) is 0.613. The van der Waals surface area contributed by atoms with Crippen molar-refractivity contribution in [3.63, 3.8) is 0 Å². The molecule has 0 aliphatic carbocycles. The molecule has 0 atom stereocenters. The second kappa shape index (κ2) is 6.39. The van der Waals surface area contributed by atoms with Crippen molar-refractivity contribution >= 4 is 10.9 Å². The predicted molar refractivity (Wildman–Crippen MR) is 88.2 cm³/mol. The van der Waals surface area contributed by atoms with Gasteiger partial charge in [-0.25, -0.2) is 13.6 Å². The maximum Gasteiger partial charge on any atom is 0.331 e. The average Bonchev–Trinajstić information content (AvgIpc) is 2.58. The molecule has 0 bridgehead atoms. The summed E-state index contributed by atoms with van der Waals surface area (Å²) in [5, 5.41) is 0.377. The highest BCUT2D eigenvalue weighted by Gasteiger charge is 2.14. The topological polar surface area (TPSA) is 44.0 Å². The highest BCUT2D eigenvalue weighted by molar-refractivity contribution is 5.77. The van der Waals surface area contributed by atoms with E-state index in [0.29, 0.717) is 17.3 Å². The fourth-order valence-electron chi connectivity index (χ4n) is 2.78.